The number of carbonyl (C=O) groups excluding carboxylic acids is 1. The van der Waals surface area contributed by atoms with Crippen molar-refractivity contribution in [2.45, 2.75) is 26.7 Å². The van der Waals surface area contributed by atoms with Gasteiger partial charge in [-0.1, -0.05) is 48.0 Å². The second-order valence-corrected chi connectivity index (χ2v) is 5.52. The van der Waals surface area contributed by atoms with Gasteiger partial charge < -0.3 is 0 Å². The van der Waals surface area contributed by atoms with Crippen LogP contribution >= 0.6 is 0 Å². The van der Waals surface area contributed by atoms with Crippen molar-refractivity contribution < 1.29 is 4.79 Å². The summed E-state index contributed by atoms with van der Waals surface area (Å²) < 4.78 is 0. The minimum Gasteiger partial charge on any atom is -0.289 e. The van der Waals surface area contributed by atoms with E-state index in [2.05, 4.69) is 44.2 Å². The summed E-state index contributed by atoms with van der Waals surface area (Å²) in [4.78, 5) is 12.5. The summed E-state index contributed by atoms with van der Waals surface area (Å²) in [6.45, 7) is 4.17. The SMILES string of the molecule is Cc1ccc(C)c(C=C2CCc3ccccc3C2=O)c1. The van der Waals surface area contributed by atoms with Crippen LogP contribution in [0.25, 0.3) is 6.08 Å². The average molecular weight is 262 g/mol. The lowest BCUT2D eigenvalue weighted by molar-refractivity contribution is 0.102. The lowest BCUT2D eigenvalue weighted by atomic mass is 9.85. The Morgan fingerprint density at radius 3 is 2.65 bits per heavy atom. The van der Waals surface area contributed by atoms with Gasteiger partial charge in [0.15, 0.2) is 5.78 Å². The third kappa shape index (κ3) is 2.32. The Balaban J connectivity index is 2.02. The number of Topliss-reactive ketones (excluding diaryl/α,β-unsaturated/α-hetero) is 1. The van der Waals surface area contributed by atoms with Crippen LogP contribution in [0.3, 0.4) is 0 Å². The number of benzene rings is 2. The maximum atomic E-state index is 12.5. The zero-order valence-electron chi connectivity index (χ0n) is 11.9. The highest BCUT2D eigenvalue weighted by molar-refractivity contribution is 6.13. The molecule has 1 nitrogen and oxygen atoms in total. The molecule has 0 heterocycles. The molecule has 2 aromatic carbocycles. The Kier molecular flexibility index (Phi) is 3.27. The zero-order valence-corrected chi connectivity index (χ0v) is 11.9. The quantitative estimate of drug-likeness (QED) is 0.691. The monoisotopic (exact) mass is 262 g/mol. The average Bonchev–Trinajstić information content (AvgIpc) is 2.46. The van der Waals surface area contributed by atoms with Crippen molar-refractivity contribution in [1.29, 1.82) is 0 Å². The number of rotatable bonds is 1. The summed E-state index contributed by atoms with van der Waals surface area (Å²) in [5.41, 5.74) is 6.58. The molecule has 0 aromatic heterocycles. The van der Waals surface area contributed by atoms with Crippen molar-refractivity contribution in [3.63, 3.8) is 0 Å². The minimum atomic E-state index is 0.188. The molecule has 0 fully saturated rings. The number of ketones is 1. The molecule has 1 aliphatic carbocycles. The van der Waals surface area contributed by atoms with Gasteiger partial charge in [-0.05, 0) is 49.5 Å². The van der Waals surface area contributed by atoms with Crippen molar-refractivity contribution in [3.8, 4) is 0 Å². The number of hydrogen-bond acceptors (Lipinski definition) is 1. The van der Waals surface area contributed by atoms with E-state index in [1.807, 2.05) is 18.2 Å². The Labute approximate surface area is 120 Å². The number of aryl methyl sites for hydroxylation is 3. The summed E-state index contributed by atoms with van der Waals surface area (Å²) in [5.74, 6) is 0.188. The lowest BCUT2D eigenvalue weighted by Gasteiger charge is -2.17. The van der Waals surface area contributed by atoms with Gasteiger partial charge in [0.2, 0.25) is 0 Å². The van der Waals surface area contributed by atoms with E-state index in [-0.39, 0.29) is 5.78 Å². The number of fused-ring (bicyclic) bond motifs is 1. The molecule has 1 heteroatoms. The maximum absolute atomic E-state index is 12.5. The summed E-state index contributed by atoms with van der Waals surface area (Å²) in [6.07, 6.45) is 3.86. The van der Waals surface area contributed by atoms with Crippen molar-refractivity contribution in [2.75, 3.05) is 0 Å². The smallest absolute Gasteiger partial charge is 0.189 e. The summed E-state index contributed by atoms with van der Waals surface area (Å²) in [6, 6.07) is 14.3. The molecule has 3 rings (SSSR count). The molecule has 0 atom stereocenters. The van der Waals surface area contributed by atoms with E-state index in [0.717, 1.165) is 29.5 Å². The molecule has 0 amide bonds. The predicted octanol–water partition coefficient (Wildman–Crippen LogP) is 4.52. The molecule has 2 aromatic rings. The lowest BCUT2D eigenvalue weighted by Crippen LogP contribution is -2.13. The first-order chi connectivity index (χ1) is 9.65. The molecule has 0 unspecified atom stereocenters. The van der Waals surface area contributed by atoms with E-state index in [4.69, 9.17) is 0 Å². The minimum absolute atomic E-state index is 0.188. The summed E-state index contributed by atoms with van der Waals surface area (Å²) >= 11 is 0. The van der Waals surface area contributed by atoms with Crippen LogP contribution in [-0.4, -0.2) is 5.78 Å². The van der Waals surface area contributed by atoms with Gasteiger partial charge in [-0.25, -0.2) is 0 Å². The Morgan fingerprint density at radius 1 is 1.00 bits per heavy atom. The van der Waals surface area contributed by atoms with E-state index in [0.29, 0.717) is 0 Å². The van der Waals surface area contributed by atoms with Crippen LogP contribution < -0.4 is 0 Å². The number of hydrogen-bond donors (Lipinski definition) is 0. The van der Waals surface area contributed by atoms with E-state index >= 15 is 0 Å². The number of carbonyl (C=O) groups is 1. The maximum Gasteiger partial charge on any atom is 0.189 e. The van der Waals surface area contributed by atoms with Gasteiger partial charge in [0.1, 0.15) is 0 Å². The Morgan fingerprint density at radius 2 is 1.80 bits per heavy atom. The Bertz CT molecular complexity index is 707. The molecule has 0 N–H and O–H groups in total. The predicted molar refractivity (Wildman–Crippen MR) is 83.0 cm³/mol. The topological polar surface area (TPSA) is 17.1 Å². The van der Waals surface area contributed by atoms with E-state index in [1.165, 1.54) is 16.7 Å². The van der Waals surface area contributed by atoms with Crippen molar-refractivity contribution >= 4 is 11.9 Å². The van der Waals surface area contributed by atoms with Crippen LogP contribution in [-0.2, 0) is 6.42 Å². The van der Waals surface area contributed by atoms with E-state index < -0.39 is 0 Å². The van der Waals surface area contributed by atoms with Crippen LogP contribution in [0.15, 0.2) is 48.0 Å². The first-order valence-electron chi connectivity index (χ1n) is 7.05. The second-order valence-electron chi connectivity index (χ2n) is 5.52. The second kappa shape index (κ2) is 5.09. The molecule has 1 aliphatic rings. The van der Waals surface area contributed by atoms with Gasteiger partial charge >= 0.3 is 0 Å². The molecule has 100 valence electrons. The molecule has 0 aliphatic heterocycles. The fourth-order valence-corrected chi connectivity index (χ4v) is 2.76. The van der Waals surface area contributed by atoms with Crippen LogP contribution in [0, 0.1) is 13.8 Å². The van der Waals surface area contributed by atoms with Gasteiger partial charge in [0.05, 0.1) is 0 Å². The molecule has 0 radical (unpaired) electrons. The fraction of sp³-hybridized carbons (Fsp3) is 0.211. The van der Waals surface area contributed by atoms with Crippen molar-refractivity contribution in [1.82, 2.24) is 0 Å². The molecule has 0 saturated heterocycles. The highest BCUT2D eigenvalue weighted by Crippen LogP contribution is 2.27. The van der Waals surface area contributed by atoms with Gasteiger partial charge in [-0.3, -0.25) is 4.79 Å². The number of allylic oxidation sites excluding steroid dienone is 1. The molecule has 0 saturated carbocycles. The van der Waals surface area contributed by atoms with Crippen LogP contribution in [0.5, 0.6) is 0 Å². The van der Waals surface area contributed by atoms with Crippen LogP contribution in [0.1, 0.15) is 39.0 Å². The van der Waals surface area contributed by atoms with E-state index in [9.17, 15) is 4.79 Å². The largest absolute Gasteiger partial charge is 0.289 e. The highest BCUT2D eigenvalue weighted by atomic mass is 16.1. The fourth-order valence-electron chi connectivity index (χ4n) is 2.76. The molecule has 0 spiro atoms. The van der Waals surface area contributed by atoms with Gasteiger partial charge in [0, 0.05) is 11.1 Å². The normalized spacial score (nSPS) is 16.3. The van der Waals surface area contributed by atoms with Crippen molar-refractivity contribution in [3.05, 3.63) is 75.9 Å². The zero-order chi connectivity index (χ0) is 14.1. The van der Waals surface area contributed by atoms with Gasteiger partial charge in [0.25, 0.3) is 0 Å². The molecular weight excluding hydrogens is 244 g/mol. The highest BCUT2D eigenvalue weighted by Gasteiger charge is 2.21. The van der Waals surface area contributed by atoms with Crippen molar-refractivity contribution in [2.24, 2.45) is 0 Å². The molecule has 0 bridgehead atoms. The van der Waals surface area contributed by atoms with Gasteiger partial charge in [-0.2, -0.15) is 0 Å². The van der Waals surface area contributed by atoms with Gasteiger partial charge in [-0.15, -0.1) is 0 Å². The first kappa shape index (κ1) is 12.9. The van der Waals surface area contributed by atoms with Crippen LogP contribution in [0.2, 0.25) is 0 Å². The standard InChI is InChI=1S/C19H18O/c1-13-7-8-14(2)17(11-13)12-16-10-9-15-5-3-4-6-18(15)19(16)20/h3-8,11-12H,9-10H2,1-2H3. The Hall–Kier alpha value is -2.15. The third-order valence-electron chi connectivity index (χ3n) is 3.98. The first-order valence-corrected chi connectivity index (χ1v) is 7.05. The van der Waals surface area contributed by atoms with Crippen LogP contribution in [0.4, 0.5) is 0 Å². The molecule has 20 heavy (non-hydrogen) atoms. The summed E-state index contributed by atoms with van der Waals surface area (Å²) in [7, 11) is 0. The summed E-state index contributed by atoms with van der Waals surface area (Å²) in [5, 5.41) is 0. The van der Waals surface area contributed by atoms with E-state index in [1.54, 1.807) is 0 Å². The third-order valence-corrected chi connectivity index (χ3v) is 3.98. The molecular formula is C19H18O.